The summed E-state index contributed by atoms with van der Waals surface area (Å²) >= 11 is 0. The fraction of sp³-hybridized carbons (Fsp3) is 0.105. The van der Waals surface area contributed by atoms with E-state index in [1.807, 2.05) is 6.07 Å². The van der Waals surface area contributed by atoms with Crippen molar-refractivity contribution in [2.75, 3.05) is 0 Å². The Balaban J connectivity index is 2.13. The van der Waals surface area contributed by atoms with Crippen LogP contribution in [0.3, 0.4) is 0 Å². The minimum atomic E-state index is -4.86. The van der Waals surface area contributed by atoms with Gasteiger partial charge in [-0.05, 0) is 30.7 Å². The average molecular weight is 387 g/mol. The van der Waals surface area contributed by atoms with E-state index >= 15 is 0 Å². The lowest BCUT2D eigenvalue weighted by molar-refractivity contribution is -0.141. The Bertz CT molecular complexity index is 1170. The van der Waals surface area contributed by atoms with Gasteiger partial charge in [0.25, 0.3) is 5.56 Å². The van der Waals surface area contributed by atoms with Crippen molar-refractivity contribution in [2.24, 2.45) is 0 Å². The molecule has 0 fully saturated rings. The number of hydrogen-bond acceptors (Lipinski definition) is 4. The number of benzene rings is 2. The minimum absolute atomic E-state index is 0.0393. The predicted molar refractivity (Wildman–Crippen MR) is 93.6 cm³/mol. The number of aryl methyl sites for hydroxylation is 1. The van der Waals surface area contributed by atoms with Gasteiger partial charge < -0.3 is 9.72 Å². The summed E-state index contributed by atoms with van der Waals surface area (Å²) in [7, 11) is 0. The molecule has 0 unspecified atom stereocenters. The zero-order valence-corrected chi connectivity index (χ0v) is 14.4. The van der Waals surface area contributed by atoms with Crippen LogP contribution in [0, 0.1) is 18.3 Å². The van der Waals surface area contributed by atoms with Gasteiger partial charge in [0, 0.05) is 12.1 Å². The second-order valence-electron chi connectivity index (χ2n) is 5.82. The fourth-order valence-electron chi connectivity index (χ4n) is 2.51. The largest absolute Gasteiger partial charge is 0.456 e. The molecule has 9 heteroatoms. The minimum Gasteiger partial charge on any atom is -0.456 e. The second kappa shape index (κ2) is 7.08. The number of alkyl halides is 3. The van der Waals surface area contributed by atoms with E-state index in [0.717, 1.165) is 5.56 Å². The molecule has 0 amide bonds. The van der Waals surface area contributed by atoms with E-state index in [0.29, 0.717) is 16.4 Å². The van der Waals surface area contributed by atoms with Crippen LogP contribution >= 0.6 is 0 Å². The summed E-state index contributed by atoms with van der Waals surface area (Å²) in [4.78, 5) is 25.8. The van der Waals surface area contributed by atoms with Crippen molar-refractivity contribution < 1.29 is 17.9 Å². The van der Waals surface area contributed by atoms with E-state index in [-0.39, 0.29) is 17.0 Å². The molecule has 0 aliphatic rings. The molecule has 0 saturated heterocycles. The van der Waals surface area contributed by atoms with Gasteiger partial charge in [-0.25, -0.2) is 9.36 Å². The van der Waals surface area contributed by atoms with Gasteiger partial charge in [-0.2, -0.15) is 18.4 Å². The van der Waals surface area contributed by atoms with Gasteiger partial charge in [0.05, 0.1) is 11.3 Å². The summed E-state index contributed by atoms with van der Waals surface area (Å²) in [6.45, 7) is 1.79. The maximum atomic E-state index is 12.8. The molecule has 28 heavy (non-hydrogen) atoms. The van der Waals surface area contributed by atoms with Crippen molar-refractivity contribution in [3.63, 3.8) is 0 Å². The highest BCUT2D eigenvalue weighted by Gasteiger charge is 2.33. The first kappa shape index (κ1) is 19.0. The van der Waals surface area contributed by atoms with E-state index in [2.05, 4.69) is 0 Å². The van der Waals surface area contributed by atoms with Crippen molar-refractivity contribution in [3.8, 4) is 23.3 Å². The maximum Gasteiger partial charge on any atom is 0.431 e. The molecule has 0 spiro atoms. The van der Waals surface area contributed by atoms with Crippen LogP contribution < -0.4 is 16.0 Å². The summed E-state index contributed by atoms with van der Waals surface area (Å²) in [5.74, 6) is 0.505. The van der Waals surface area contributed by atoms with Crippen molar-refractivity contribution in [1.82, 2.24) is 9.55 Å². The van der Waals surface area contributed by atoms with E-state index in [9.17, 15) is 28.0 Å². The van der Waals surface area contributed by atoms with Crippen LogP contribution in [-0.2, 0) is 6.18 Å². The standard InChI is InChI=1S/C19H12F3N3O3/c1-11-4-2-3-5-14(11)28-15-8-13(7-6-12(15)10-23)25-17(26)9-16(19(20,21)22)24-18(25)27/h2-9H,1H3,(H,24,27). The lowest BCUT2D eigenvalue weighted by atomic mass is 10.2. The van der Waals surface area contributed by atoms with Gasteiger partial charge in [0.1, 0.15) is 23.3 Å². The Hall–Kier alpha value is -3.80. The Kier molecular flexibility index (Phi) is 4.79. The number of aromatic nitrogens is 2. The number of para-hydroxylation sites is 1. The molecule has 142 valence electrons. The third-order valence-electron chi connectivity index (χ3n) is 3.90. The van der Waals surface area contributed by atoms with Gasteiger partial charge >= 0.3 is 11.9 Å². The zero-order chi connectivity index (χ0) is 20.5. The number of nitrogens with zero attached hydrogens (tertiary/aromatic N) is 2. The average Bonchev–Trinajstić information content (AvgIpc) is 2.62. The van der Waals surface area contributed by atoms with Crippen LogP contribution in [0.4, 0.5) is 13.2 Å². The molecule has 0 aliphatic carbocycles. The third-order valence-corrected chi connectivity index (χ3v) is 3.90. The molecule has 1 heterocycles. The summed E-state index contributed by atoms with van der Waals surface area (Å²) in [6, 6.07) is 13.0. The fourth-order valence-corrected chi connectivity index (χ4v) is 2.51. The van der Waals surface area contributed by atoms with E-state index in [1.165, 1.54) is 18.2 Å². The lowest BCUT2D eigenvalue weighted by Crippen LogP contribution is -2.35. The quantitative estimate of drug-likeness (QED) is 0.745. The van der Waals surface area contributed by atoms with Crippen LogP contribution in [-0.4, -0.2) is 9.55 Å². The van der Waals surface area contributed by atoms with Gasteiger partial charge in [0.15, 0.2) is 0 Å². The molecule has 1 N–H and O–H groups in total. The zero-order valence-electron chi connectivity index (χ0n) is 14.4. The van der Waals surface area contributed by atoms with Gasteiger partial charge in [-0.15, -0.1) is 0 Å². The van der Waals surface area contributed by atoms with E-state index < -0.39 is 23.1 Å². The van der Waals surface area contributed by atoms with Crippen molar-refractivity contribution in [1.29, 1.82) is 5.26 Å². The normalized spacial score (nSPS) is 11.1. The molecular weight excluding hydrogens is 375 g/mol. The first-order chi connectivity index (χ1) is 13.2. The lowest BCUT2D eigenvalue weighted by Gasteiger charge is -2.13. The highest BCUT2D eigenvalue weighted by molar-refractivity contribution is 5.52. The Labute approximate surface area is 156 Å². The Morgan fingerprint density at radius 3 is 2.39 bits per heavy atom. The molecule has 3 rings (SSSR count). The van der Waals surface area contributed by atoms with Crippen molar-refractivity contribution in [3.05, 3.63) is 86.2 Å². The maximum absolute atomic E-state index is 12.8. The number of H-pyrrole nitrogens is 1. The number of ether oxygens (including phenoxy) is 1. The number of nitrogens with one attached hydrogen (secondary N) is 1. The molecule has 0 radical (unpaired) electrons. The van der Waals surface area contributed by atoms with E-state index in [4.69, 9.17) is 4.74 Å². The molecule has 0 saturated carbocycles. The van der Waals surface area contributed by atoms with Crippen LogP contribution in [0.5, 0.6) is 11.5 Å². The van der Waals surface area contributed by atoms with Crippen LogP contribution in [0.15, 0.2) is 58.1 Å². The number of halogens is 3. The summed E-state index contributed by atoms with van der Waals surface area (Å²) < 4.78 is 44.5. The molecule has 0 bridgehead atoms. The predicted octanol–water partition coefficient (Wildman–Crippen LogP) is 3.52. The summed E-state index contributed by atoms with van der Waals surface area (Å²) in [5.41, 5.74) is -3.00. The first-order valence-corrected chi connectivity index (χ1v) is 7.92. The monoisotopic (exact) mass is 387 g/mol. The molecule has 3 aromatic rings. The molecule has 0 aliphatic heterocycles. The number of hydrogen-bond donors (Lipinski definition) is 1. The topological polar surface area (TPSA) is 87.9 Å². The highest BCUT2D eigenvalue weighted by Crippen LogP contribution is 2.29. The summed E-state index contributed by atoms with van der Waals surface area (Å²) in [5, 5.41) is 9.27. The molecule has 1 aromatic heterocycles. The number of nitriles is 1. The van der Waals surface area contributed by atoms with Crippen LogP contribution in [0.2, 0.25) is 0 Å². The number of aromatic amines is 1. The number of rotatable bonds is 3. The molecular formula is C19H12F3N3O3. The van der Waals surface area contributed by atoms with Gasteiger partial charge in [-0.3, -0.25) is 4.79 Å². The van der Waals surface area contributed by atoms with Crippen molar-refractivity contribution >= 4 is 0 Å². The smallest absolute Gasteiger partial charge is 0.431 e. The molecule has 6 nitrogen and oxygen atoms in total. The van der Waals surface area contributed by atoms with Gasteiger partial charge in [-0.1, -0.05) is 18.2 Å². The van der Waals surface area contributed by atoms with Crippen molar-refractivity contribution in [2.45, 2.75) is 13.1 Å². The van der Waals surface area contributed by atoms with Gasteiger partial charge in [0.2, 0.25) is 0 Å². The third kappa shape index (κ3) is 3.66. The Morgan fingerprint density at radius 1 is 1.07 bits per heavy atom. The van der Waals surface area contributed by atoms with Crippen LogP contribution in [0.25, 0.3) is 5.69 Å². The molecule has 0 atom stereocenters. The first-order valence-electron chi connectivity index (χ1n) is 7.92. The van der Waals surface area contributed by atoms with E-state index in [1.54, 1.807) is 36.2 Å². The second-order valence-corrected chi connectivity index (χ2v) is 5.82. The molecule has 2 aromatic carbocycles. The summed E-state index contributed by atoms with van der Waals surface area (Å²) in [6.07, 6.45) is -4.86. The van der Waals surface area contributed by atoms with Crippen LogP contribution in [0.1, 0.15) is 16.8 Å². The SMILES string of the molecule is Cc1ccccc1Oc1cc(-n2c(=O)cc(C(F)(F)F)[nH]c2=O)ccc1C#N. The Morgan fingerprint density at radius 2 is 1.79 bits per heavy atom. The highest BCUT2D eigenvalue weighted by atomic mass is 19.4.